The van der Waals surface area contributed by atoms with Crippen molar-refractivity contribution in [2.24, 2.45) is 0 Å². The third-order valence-electron chi connectivity index (χ3n) is 0.768. The fraction of sp³-hybridized carbons (Fsp3) is 0.143. The van der Waals surface area contributed by atoms with Gasteiger partial charge >= 0.3 is 0 Å². The zero-order valence-electron chi connectivity index (χ0n) is 6.33. The maximum atomic E-state index is 8.95. The number of hydrogen-bond acceptors (Lipinski definition) is 3. The maximum absolute atomic E-state index is 8.95. The first-order chi connectivity index (χ1) is 5.70. The Hall–Kier alpha value is -0.610. The van der Waals surface area contributed by atoms with Gasteiger partial charge in [-0.05, 0) is 22.0 Å². The van der Waals surface area contributed by atoms with Crippen molar-refractivity contribution in [2.75, 3.05) is 7.11 Å². The topological polar surface area (TPSA) is 39.2 Å². The van der Waals surface area contributed by atoms with Gasteiger partial charge in [0.05, 0.1) is 12.1 Å². The number of halogens is 2. The second kappa shape index (κ2) is 7.06. The zero-order chi connectivity index (χ0) is 9.40. The Morgan fingerprint density at radius 2 is 2.25 bits per heavy atom. The molecule has 66 valence electrons. The van der Waals surface area contributed by atoms with Crippen molar-refractivity contribution in [3.8, 4) is 0 Å². The van der Waals surface area contributed by atoms with E-state index in [1.165, 1.54) is 7.11 Å². The number of methoxy groups -OCH3 is 1. The van der Waals surface area contributed by atoms with Gasteiger partial charge in [0.2, 0.25) is 0 Å². The molecule has 0 saturated heterocycles. The fourth-order valence-corrected chi connectivity index (χ4v) is 1.06. The van der Waals surface area contributed by atoms with E-state index in [2.05, 4.69) is 25.7 Å². The second-order valence-corrected chi connectivity index (χ2v) is 3.01. The number of carbonyl (C=O) groups is 1. The van der Waals surface area contributed by atoms with Crippen molar-refractivity contribution in [3.63, 3.8) is 0 Å². The average Bonchev–Trinajstić information content (AvgIpc) is 2.04. The van der Waals surface area contributed by atoms with Crippen molar-refractivity contribution >= 4 is 34.0 Å². The van der Waals surface area contributed by atoms with Crippen LogP contribution in [-0.4, -0.2) is 18.6 Å². The van der Waals surface area contributed by atoms with Crippen LogP contribution in [0.3, 0.4) is 0 Å². The van der Waals surface area contributed by atoms with Crippen molar-refractivity contribution < 1.29 is 9.53 Å². The Bertz CT molecular complexity index is 227. The number of carbonyl (C=O) groups excluding carboxylic acids is 1. The van der Waals surface area contributed by atoms with E-state index < -0.39 is 0 Å². The normalized spacial score (nSPS) is 7.92. The monoisotopic (exact) mass is 251 g/mol. The zero-order valence-corrected chi connectivity index (χ0v) is 8.67. The van der Waals surface area contributed by atoms with Crippen molar-refractivity contribution in [1.82, 2.24) is 4.98 Å². The highest BCUT2D eigenvalue weighted by atomic mass is 79.9. The van der Waals surface area contributed by atoms with Crippen LogP contribution in [0.4, 0.5) is 0 Å². The summed E-state index contributed by atoms with van der Waals surface area (Å²) in [6.07, 6.45) is 3.28. The minimum Gasteiger partial charge on any atom is -0.471 e. The fourth-order valence-electron chi connectivity index (χ4n) is 0.386. The van der Waals surface area contributed by atoms with Gasteiger partial charge in [-0.3, -0.25) is 9.78 Å². The highest BCUT2D eigenvalue weighted by molar-refractivity contribution is 9.10. The molecular weight excluding hydrogens is 245 g/mol. The van der Waals surface area contributed by atoms with Gasteiger partial charge in [0.25, 0.3) is 6.47 Å². The average molecular weight is 252 g/mol. The molecular formula is C7H7BrClNO2. The molecule has 0 atom stereocenters. The van der Waals surface area contributed by atoms with Gasteiger partial charge in [0, 0.05) is 16.9 Å². The summed E-state index contributed by atoms with van der Waals surface area (Å²) in [7, 11) is 1.31. The van der Waals surface area contributed by atoms with Gasteiger partial charge < -0.3 is 4.74 Å². The molecule has 0 aliphatic rings. The summed E-state index contributed by atoms with van der Waals surface area (Å²) in [4.78, 5) is 12.8. The number of hydrogen-bond donors (Lipinski definition) is 0. The van der Waals surface area contributed by atoms with Crippen molar-refractivity contribution in [3.05, 3.63) is 28.0 Å². The summed E-state index contributed by atoms with van der Waals surface area (Å²) in [5.74, 6) is 0. The van der Waals surface area contributed by atoms with Crippen LogP contribution in [0.5, 0.6) is 0 Å². The molecule has 3 nitrogen and oxygen atoms in total. The van der Waals surface area contributed by atoms with E-state index >= 15 is 0 Å². The maximum Gasteiger partial charge on any atom is 0.292 e. The first-order valence-electron chi connectivity index (χ1n) is 2.93. The number of aromatic nitrogens is 1. The van der Waals surface area contributed by atoms with Gasteiger partial charge in [-0.1, -0.05) is 11.6 Å². The number of nitrogens with zero attached hydrogens (tertiary/aromatic N) is 1. The summed E-state index contributed by atoms with van der Waals surface area (Å²) >= 11 is 8.77. The van der Waals surface area contributed by atoms with Crippen LogP contribution in [0.1, 0.15) is 0 Å². The molecule has 0 fully saturated rings. The van der Waals surface area contributed by atoms with Crippen LogP contribution in [-0.2, 0) is 9.53 Å². The molecule has 0 aromatic carbocycles. The van der Waals surface area contributed by atoms with Gasteiger partial charge in [0.1, 0.15) is 0 Å². The molecule has 1 aromatic rings. The van der Waals surface area contributed by atoms with E-state index in [0.717, 1.165) is 4.47 Å². The molecule has 0 aliphatic heterocycles. The summed E-state index contributed by atoms with van der Waals surface area (Å²) in [5, 5.41) is 0.652. The second-order valence-electron chi connectivity index (χ2n) is 1.65. The smallest absolute Gasteiger partial charge is 0.292 e. The third kappa shape index (κ3) is 6.12. The Morgan fingerprint density at radius 3 is 2.50 bits per heavy atom. The molecule has 0 bridgehead atoms. The van der Waals surface area contributed by atoms with E-state index in [9.17, 15) is 0 Å². The molecule has 0 aliphatic carbocycles. The van der Waals surface area contributed by atoms with Gasteiger partial charge in [-0.2, -0.15) is 0 Å². The predicted octanol–water partition coefficient (Wildman–Crippen LogP) is 2.29. The quantitative estimate of drug-likeness (QED) is 0.720. The Balaban J connectivity index is 0.000000261. The minimum atomic E-state index is 0.375. The van der Waals surface area contributed by atoms with Crippen LogP contribution in [0.15, 0.2) is 22.9 Å². The molecule has 0 radical (unpaired) electrons. The standard InChI is InChI=1S/C5H3BrClN.C2H4O2/c6-4-1-5(7)3-8-2-4;1-4-2-3/h1-3H;2H,1H3. The van der Waals surface area contributed by atoms with Crippen LogP contribution >= 0.6 is 27.5 Å². The molecule has 1 aromatic heterocycles. The predicted molar refractivity (Wildman–Crippen MR) is 50.0 cm³/mol. The molecule has 1 rings (SSSR count). The molecule has 0 N–H and O–H groups in total. The van der Waals surface area contributed by atoms with Gasteiger partial charge in [-0.15, -0.1) is 0 Å². The van der Waals surface area contributed by atoms with Crippen LogP contribution in [0, 0.1) is 0 Å². The minimum absolute atomic E-state index is 0.375. The first kappa shape index (κ1) is 11.4. The molecule has 0 saturated carbocycles. The first-order valence-corrected chi connectivity index (χ1v) is 4.10. The van der Waals surface area contributed by atoms with Gasteiger partial charge in [0.15, 0.2) is 0 Å². The van der Waals surface area contributed by atoms with E-state index in [0.29, 0.717) is 11.5 Å². The summed E-state index contributed by atoms with van der Waals surface area (Å²) < 4.78 is 4.77. The van der Waals surface area contributed by atoms with E-state index in [4.69, 9.17) is 16.4 Å². The highest BCUT2D eigenvalue weighted by Gasteiger charge is 1.85. The van der Waals surface area contributed by atoms with Crippen molar-refractivity contribution in [1.29, 1.82) is 0 Å². The molecule has 1 heterocycles. The highest BCUT2D eigenvalue weighted by Crippen LogP contribution is 2.12. The van der Waals surface area contributed by atoms with Gasteiger partial charge in [-0.25, -0.2) is 0 Å². The lowest BCUT2D eigenvalue weighted by atomic mass is 10.5. The van der Waals surface area contributed by atoms with E-state index in [-0.39, 0.29) is 0 Å². The van der Waals surface area contributed by atoms with E-state index in [1.54, 1.807) is 18.5 Å². The van der Waals surface area contributed by atoms with Crippen LogP contribution in [0.25, 0.3) is 0 Å². The molecule has 0 unspecified atom stereocenters. The largest absolute Gasteiger partial charge is 0.471 e. The van der Waals surface area contributed by atoms with Crippen LogP contribution in [0.2, 0.25) is 5.02 Å². The molecule has 0 amide bonds. The number of rotatable bonds is 1. The molecule has 5 heteroatoms. The van der Waals surface area contributed by atoms with Crippen LogP contribution < -0.4 is 0 Å². The summed E-state index contributed by atoms with van der Waals surface area (Å²) in [6.45, 7) is 0.375. The summed E-state index contributed by atoms with van der Waals surface area (Å²) in [6, 6.07) is 1.79. The Morgan fingerprint density at radius 1 is 1.67 bits per heavy atom. The van der Waals surface area contributed by atoms with Crippen molar-refractivity contribution in [2.45, 2.75) is 0 Å². The SMILES string of the molecule is COC=O.Clc1cncc(Br)c1. The third-order valence-corrected chi connectivity index (χ3v) is 1.41. The lowest BCUT2D eigenvalue weighted by Gasteiger charge is -1.86. The Labute approximate surface area is 83.8 Å². The number of pyridine rings is 1. The molecule has 0 spiro atoms. The number of ether oxygens (including phenoxy) is 1. The van der Waals surface area contributed by atoms with E-state index in [1.807, 2.05) is 0 Å². The lowest BCUT2D eigenvalue weighted by Crippen LogP contribution is -1.68. The summed E-state index contributed by atoms with van der Waals surface area (Å²) in [5.41, 5.74) is 0. The molecule has 12 heavy (non-hydrogen) atoms. The Kier molecular flexibility index (Phi) is 6.70. The lowest BCUT2D eigenvalue weighted by molar-refractivity contribution is -0.126.